The molecule has 1 aliphatic carbocycles. The zero-order valence-electron chi connectivity index (χ0n) is 11.7. The van der Waals surface area contributed by atoms with Gasteiger partial charge in [-0.3, -0.25) is 4.79 Å². The van der Waals surface area contributed by atoms with E-state index in [0.29, 0.717) is 18.4 Å². The fourth-order valence-corrected chi connectivity index (χ4v) is 3.11. The van der Waals surface area contributed by atoms with Gasteiger partial charge in [-0.2, -0.15) is 10.5 Å². The van der Waals surface area contributed by atoms with Crippen LogP contribution in [0.5, 0.6) is 0 Å². The minimum absolute atomic E-state index is 0.310. The molecule has 0 N–H and O–H groups in total. The Kier molecular flexibility index (Phi) is 3.72. The van der Waals surface area contributed by atoms with E-state index >= 15 is 0 Å². The van der Waals surface area contributed by atoms with Gasteiger partial charge in [0.2, 0.25) is 5.41 Å². The minimum Gasteiger partial charge on any atom is -0.291 e. The Morgan fingerprint density at radius 2 is 1.70 bits per heavy atom. The molecule has 0 spiro atoms. The van der Waals surface area contributed by atoms with Gasteiger partial charge in [-0.15, -0.1) is 0 Å². The van der Waals surface area contributed by atoms with E-state index in [0.717, 1.165) is 11.1 Å². The van der Waals surface area contributed by atoms with Crippen LogP contribution < -0.4 is 0 Å². The maximum Gasteiger partial charge on any atom is 0.216 e. The van der Waals surface area contributed by atoms with E-state index in [1.54, 1.807) is 0 Å². The summed E-state index contributed by atoms with van der Waals surface area (Å²) in [5.74, 6) is -0.748. The molecule has 3 nitrogen and oxygen atoms in total. The van der Waals surface area contributed by atoms with Gasteiger partial charge in [0.25, 0.3) is 0 Å². The minimum atomic E-state index is -1.60. The van der Waals surface area contributed by atoms with Gasteiger partial charge in [0.15, 0.2) is 5.78 Å². The summed E-state index contributed by atoms with van der Waals surface area (Å²) in [6.07, 6.45) is 1.25. The van der Waals surface area contributed by atoms with Crippen LogP contribution in [0, 0.1) is 28.1 Å². The van der Waals surface area contributed by atoms with E-state index in [2.05, 4.69) is 0 Å². The number of ketones is 1. The monoisotopic (exact) mass is 264 g/mol. The third-order valence-corrected chi connectivity index (χ3v) is 4.02. The fraction of sp³-hybridized carbons (Fsp3) is 0.353. The molecule has 1 aromatic carbocycles. The summed E-state index contributed by atoms with van der Waals surface area (Å²) in [7, 11) is 0. The van der Waals surface area contributed by atoms with Crippen LogP contribution in [-0.2, 0) is 4.79 Å². The molecular weight excluding hydrogens is 248 g/mol. The van der Waals surface area contributed by atoms with Crippen LogP contribution in [0.2, 0.25) is 0 Å². The normalized spacial score (nSPS) is 20.6. The summed E-state index contributed by atoms with van der Waals surface area (Å²) in [6, 6.07) is 13.4. The Hall–Kier alpha value is -2.39. The maximum absolute atomic E-state index is 12.6. The number of nitrogens with zero attached hydrogens (tertiary/aromatic N) is 2. The lowest BCUT2D eigenvalue weighted by molar-refractivity contribution is -0.119. The third-order valence-electron chi connectivity index (χ3n) is 4.02. The zero-order valence-corrected chi connectivity index (χ0v) is 11.7. The smallest absolute Gasteiger partial charge is 0.216 e. The van der Waals surface area contributed by atoms with Crippen molar-refractivity contribution in [2.24, 2.45) is 5.41 Å². The molecule has 0 heterocycles. The molecule has 3 heteroatoms. The first-order chi connectivity index (χ1) is 9.66. The number of carbonyl (C=O) groups excluding carboxylic acids is 1. The highest BCUT2D eigenvalue weighted by Gasteiger charge is 2.55. The quantitative estimate of drug-likeness (QED) is 0.839. The molecule has 1 unspecified atom stereocenters. The molecule has 1 atom stereocenters. The lowest BCUT2D eigenvalue weighted by atomic mass is 9.72. The topological polar surface area (TPSA) is 64.7 Å². The number of benzene rings is 1. The number of rotatable bonds is 3. The van der Waals surface area contributed by atoms with Crippen molar-refractivity contribution in [3.05, 3.63) is 47.0 Å². The van der Waals surface area contributed by atoms with E-state index in [1.807, 2.05) is 56.3 Å². The molecule has 0 aliphatic heterocycles. The number of hydrogen-bond acceptors (Lipinski definition) is 3. The lowest BCUT2D eigenvalue weighted by Crippen LogP contribution is -2.30. The third kappa shape index (κ3) is 1.75. The molecule has 0 bridgehead atoms. The molecule has 0 radical (unpaired) electrons. The van der Waals surface area contributed by atoms with Gasteiger partial charge < -0.3 is 0 Å². The molecule has 2 rings (SSSR count). The highest BCUT2D eigenvalue weighted by atomic mass is 16.1. The summed E-state index contributed by atoms with van der Waals surface area (Å²) in [5, 5.41) is 19.1. The van der Waals surface area contributed by atoms with Crippen LogP contribution in [0.25, 0.3) is 0 Å². The Morgan fingerprint density at radius 3 is 2.15 bits per heavy atom. The van der Waals surface area contributed by atoms with Gasteiger partial charge in [-0.05, 0) is 24.0 Å². The van der Waals surface area contributed by atoms with Gasteiger partial charge in [-0.1, -0.05) is 49.8 Å². The van der Waals surface area contributed by atoms with Crippen molar-refractivity contribution in [1.82, 2.24) is 0 Å². The number of allylic oxidation sites excluding steroid dienone is 2. The Balaban J connectivity index is 2.72. The molecule has 1 aromatic rings. The number of carbonyl (C=O) groups is 1. The van der Waals surface area contributed by atoms with Crippen LogP contribution in [0.3, 0.4) is 0 Å². The van der Waals surface area contributed by atoms with Gasteiger partial charge in [-0.25, -0.2) is 0 Å². The molecule has 0 amide bonds. The molecule has 100 valence electrons. The number of nitriles is 2. The van der Waals surface area contributed by atoms with Crippen LogP contribution in [0.15, 0.2) is 41.5 Å². The second-order valence-corrected chi connectivity index (χ2v) is 4.92. The van der Waals surface area contributed by atoms with Crippen LogP contribution in [0.4, 0.5) is 0 Å². The second kappa shape index (κ2) is 5.31. The van der Waals surface area contributed by atoms with Crippen LogP contribution in [0.1, 0.15) is 38.2 Å². The summed E-state index contributed by atoms with van der Waals surface area (Å²) in [4.78, 5) is 12.6. The number of hydrogen-bond donors (Lipinski definition) is 0. The summed E-state index contributed by atoms with van der Waals surface area (Å²) < 4.78 is 0. The van der Waals surface area contributed by atoms with Crippen molar-refractivity contribution in [2.45, 2.75) is 32.6 Å². The van der Waals surface area contributed by atoms with Crippen molar-refractivity contribution >= 4 is 5.78 Å². The second-order valence-electron chi connectivity index (χ2n) is 4.92. The van der Waals surface area contributed by atoms with Crippen LogP contribution >= 0.6 is 0 Å². The summed E-state index contributed by atoms with van der Waals surface area (Å²) in [5.41, 5.74) is 0.860. The molecule has 0 fully saturated rings. The van der Waals surface area contributed by atoms with Gasteiger partial charge in [0.05, 0.1) is 12.1 Å². The summed E-state index contributed by atoms with van der Waals surface area (Å²) >= 11 is 0. The largest absolute Gasteiger partial charge is 0.291 e. The SMILES string of the molecule is CCC1=C(CC)C(c2ccccc2)C(C#N)(C#N)C1=O. The highest BCUT2D eigenvalue weighted by molar-refractivity contribution is 6.08. The first-order valence-corrected chi connectivity index (χ1v) is 6.80. The van der Waals surface area contributed by atoms with Crippen molar-refractivity contribution in [3.63, 3.8) is 0 Å². The summed E-state index contributed by atoms with van der Waals surface area (Å²) in [6.45, 7) is 3.87. The first kappa shape index (κ1) is 14.0. The van der Waals surface area contributed by atoms with E-state index in [4.69, 9.17) is 0 Å². The predicted octanol–water partition coefficient (Wildman–Crippen LogP) is 3.50. The Bertz CT molecular complexity index is 630. The molecule has 0 saturated heterocycles. The average molecular weight is 264 g/mol. The Labute approximate surface area is 119 Å². The first-order valence-electron chi connectivity index (χ1n) is 6.80. The molecule has 1 aliphatic rings. The molecule has 20 heavy (non-hydrogen) atoms. The van der Waals surface area contributed by atoms with Crippen molar-refractivity contribution in [2.75, 3.05) is 0 Å². The van der Waals surface area contributed by atoms with Crippen molar-refractivity contribution in [1.29, 1.82) is 10.5 Å². The highest BCUT2D eigenvalue weighted by Crippen LogP contribution is 2.51. The molecular formula is C17H16N2O. The standard InChI is InChI=1S/C17H16N2O/c1-3-13-14(4-2)16(20)17(10-18,11-19)15(13)12-8-6-5-7-9-12/h5-9,15H,3-4H2,1-2H3. The zero-order chi connectivity index (χ0) is 14.8. The predicted molar refractivity (Wildman–Crippen MR) is 75.5 cm³/mol. The Morgan fingerprint density at radius 1 is 1.10 bits per heavy atom. The van der Waals surface area contributed by atoms with E-state index in [-0.39, 0.29) is 5.78 Å². The van der Waals surface area contributed by atoms with Gasteiger partial charge in [0, 0.05) is 5.92 Å². The van der Waals surface area contributed by atoms with Gasteiger partial charge in [0.1, 0.15) is 0 Å². The van der Waals surface area contributed by atoms with E-state index in [9.17, 15) is 15.3 Å². The van der Waals surface area contributed by atoms with E-state index < -0.39 is 11.3 Å². The van der Waals surface area contributed by atoms with Crippen molar-refractivity contribution in [3.8, 4) is 12.1 Å². The van der Waals surface area contributed by atoms with Crippen LogP contribution in [-0.4, -0.2) is 5.78 Å². The van der Waals surface area contributed by atoms with Gasteiger partial charge >= 0.3 is 0 Å². The lowest BCUT2D eigenvalue weighted by Gasteiger charge is -2.23. The number of Topliss-reactive ketones (excluding diaryl/α,β-unsaturated/α-hetero) is 1. The molecule has 0 aromatic heterocycles. The molecule has 0 saturated carbocycles. The van der Waals surface area contributed by atoms with Crippen molar-refractivity contribution < 1.29 is 4.79 Å². The maximum atomic E-state index is 12.6. The fourth-order valence-electron chi connectivity index (χ4n) is 3.11. The average Bonchev–Trinajstić information content (AvgIpc) is 2.76. The van der Waals surface area contributed by atoms with E-state index in [1.165, 1.54) is 0 Å².